The van der Waals surface area contributed by atoms with E-state index in [9.17, 15) is 4.79 Å². The number of aldehydes is 1. The minimum atomic E-state index is 0.781. The highest BCUT2D eigenvalue weighted by molar-refractivity contribution is 5.64. The van der Waals surface area contributed by atoms with Crippen LogP contribution in [0.3, 0.4) is 0 Å². The van der Waals surface area contributed by atoms with Gasteiger partial charge in [0, 0.05) is 6.54 Å². The summed E-state index contributed by atoms with van der Waals surface area (Å²) in [5, 5.41) is 0. The van der Waals surface area contributed by atoms with Crippen molar-refractivity contribution in [3.63, 3.8) is 0 Å². The van der Waals surface area contributed by atoms with Gasteiger partial charge in [0.05, 0.1) is 0 Å². The summed E-state index contributed by atoms with van der Waals surface area (Å²) in [4.78, 5) is 11.7. The topological polar surface area (TPSA) is 20.3 Å². The SMILES string of the molecule is CC.CN(C)C/C=C\C=O. The van der Waals surface area contributed by atoms with Crippen molar-refractivity contribution >= 4 is 6.29 Å². The molecule has 10 heavy (non-hydrogen) atoms. The molecule has 0 saturated heterocycles. The van der Waals surface area contributed by atoms with Crippen molar-refractivity contribution < 1.29 is 4.79 Å². The molecule has 0 saturated carbocycles. The molecule has 0 aliphatic rings. The molecule has 0 aliphatic carbocycles. The first-order valence-corrected chi connectivity index (χ1v) is 3.52. The average molecular weight is 143 g/mol. The number of allylic oxidation sites excluding steroid dienone is 1. The number of likely N-dealkylation sites (N-methyl/N-ethyl adjacent to an activating group) is 1. The minimum absolute atomic E-state index is 0.781. The van der Waals surface area contributed by atoms with Crippen molar-refractivity contribution in [2.75, 3.05) is 20.6 Å². The molecular weight excluding hydrogens is 126 g/mol. The molecule has 0 spiro atoms. The van der Waals surface area contributed by atoms with Gasteiger partial charge in [0.25, 0.3) is 0 Å². The fraction of sp³-hybridized carbons (Fsp3) is 0.625. The maximum absolute atomic E-state index is 9.68. The fourth-order valence-electron chi connectivity index (χ4n) is 0.327. The highest BCUT2D eigenvalue weighted by Crippen LogP contribution is 1.73. The third-order valence-corrected chi connectivity index (χ3v) is 0.685. The van der Waals surface area contributed by atoms with Crippen LogP contribution in [-0.2, 0) is 4.79 Å². The molecule has 0 aromatic carbocycles. The summed E-state index contributed by atoms with van der Waals surface area (Å²) in [5.74, 6) is 0. The second-order valence-electron chi connectivity index (χ2n) is 1.83. The predicted molar refractivity (Wildman–Crippen MR) is 45.1 cm³/mol. The van der Waals surface area contributed by atoms with Crippen molar-refractivity contribution in [1.29, 1.82) is 0 Å². The lowest BCUT2D eigenvalue weighted by molar-refractivity contribution is -0.104. The van der Waals surface area contributed by atoms with Crippen molar-refractivity contribution in [2.45, 2.75) is 13.8 Å². The second kappa shape index (κ2) is 11.2. The van der Waals surface area contributed by atoms with Gasteiger partial charge in [-0.1, -0.05) is 19.9 Å². The Morgan fingerprint density at radius 1 is 1.30 bits per heavy atom. The molecule has 0 N–H and O–H groups in total. The van der Waals surface area contributed by atoms with Crippen molar-refractivity contribution in [3.05, 3.63) is 12.2 Å². The molecule has 2 nitrogen and oxygen atoms in total. The summed E-state index contributed by atoms with van der Waals surface area (Å²) in [5.41, 5.74) is 0. The largest absolute Gasteiger partial charge is 0.306 e. The van der Waals surface area contributed by atoms with Crippen molar-refractivity contribution in [3.8, 4) is 0 Å². The van der Waals surface area contributed by atoms with E-state index in [4.69, 9.17) is 0 Å². The van der Waals surface area contributed by atoms with Crippen LogP contribution in [0.25, 0.3) is 0 Å². The van der Waals surface area contributed by atoms with Gasteiger partial charge in [-0.05, 0) is 20.2 Å². The number of carbonyl (C=O) groups excluding carboxylic acids is 1. The van der Waals surface area contributed by atoms with E-state index in [0.29, 0.717) is 0 Å². The van der Waals surface area contributed by atoms with Crippen LogP contribution in [0.5, 0.6) is 0 Å². The lowest BCUT2D eigenvalue weighted by Crippen LogP contribution is -2.10. The molecular formula is C8H17NO. The van der Waals surface area contributed by atoms with Gasteiger partial charge in [-0.15, -0.1) is 0 Å². The van der Waals surface area contributed by atoms with Crippen LogP contribution < -0.4 is 0 Å². The van der Waals surface area contributed by atoms with E-state index in [1.807, 2.05) is 38.9 Å². The van der Waals surface area contributed by atoms with Gasteiger partial charge >= 0.3 is 0 Å². The van der Waals surface area contributed by atoms with E-state index in [-0.39, 0.29) is 0 Å². The maximum atomic E-state index is 9.68. The van der Waals surface area contributed by atoms with Crippen LogP contribution in [0.15, 0.2) is 12.2 Å². The summed E-state index contributed by atoms with van der Waals surface area (Å²) < 4.78 is 0. The van der Waals surface area contributed by atoms with Crippen LogP contribution in [0, 0.1) is 0 Å². The van der Waals surface area contributed by atoms with E-state index in [2.05, 4.69) is 0 Å². The monoisotopic (exact) mass is 143 g/mol. The molecule has 0 aromatic heterocycles. The zero-order valence-corrected chi connectivity index (χ0v) is 7.29. The molecule has 0 amide bonds. The van der Waals surface area contributed by atoms with Gasteiger partial charge in [0.2, 0.25) is 0 Å². The lowest BCUT2D eigenvalue weighted by atomic mass is 10.5. The maximum Gasteiger partial charge on any atom is 0.142 e. The third kappa shape index (κ3) is 15.7. The summed E-state index contributed by atoms with van der Waals surface area (Å²) in [7, 11) is 3.91. The highest BCUT2D eigenvalue weighted by atomic mass is 16.1. The van der Waals surface area contributed by atoms with Gasteiger partial charge in [-0.3, -0.25) is 4.79 Å². The molecule has 0 fully saturated rings. The highest BCUT2D eigenvalue weighted by Gasteiger charge is 1.78. The van der Waals surface area contributed by atoms with Crippen molar-refractivity contribution in [1.82, 2.24) is 4.90 Å². The van der Waals surface area contributed by atoms with Gasteiger partial charge in [0.1, 0.15) is 6.29 Å². The summed E-state index contributed by atoms with van der Waals surface area (Å²) >= 11 is 0. The molecule has 2 heteroatoms. The summed E-state index contributed by atoms with van der Waals surface area (Å²) in [6.45, 7) is 4.83. The van der Waals surface area contributed by atoms with E-state index >= 15 is 0 Å². The third-order valence-electron chi connectivity index (χ3n) is 0.685. The van der Waals surface area contributed by atoms with Crippen LogP contribution in [0.4, 0.5) is 0 Å². The summed E-state index contributed by atoms with van der Waals surface area (Å²) in [6, 6.07) is 0. The normalized spacial score (nSPS) is 9.30. The van der Waals surface area contributed by atoms with E-state index < -0.39 is 0 Å². The zero-order chi connectivity index (χ0) is 8.41. The van der Waals surface area contributed by atoms with Gasteiger partial charge < -0.3 is 4.90 Å². The molecule has 0 heterocycles. The zero-order valence-electron chi connectivity index (χ0n) is 7.29. The number of hydrogen-bond donors (Lipinski definition) is 0. The Labute approximate surface area is 63.5 Å². The van der Waals surface area contributed by atoms with E-state index in [1.165, 1.54) is 6.08 Å². The molecule has 0 rings (SSSR count). The first-order valence-electron chi connectivity index (χ1n) is 3.52. The number of rotatable bonds is 3. The Bertz CT molecular complexity index is 87.3. The van der Waals surface area contributed by atoms with Gasteiger partial charge in [0.15, 0.2) is 0 Å². The molecule has 0 bridgehead atoms. The Morgan fingerprint density at radius 3 is 2.10 bits per heavy atom. The van der Waals surface area contributed by atoms with Crippen molar-refractivity contribution in [2.24, 2.45) is 0 Å². The smallest absolute Gasteiger partial charge is 0.142 e. The Hall–Kier alpha value is -0.630. The average Bonchev–Trinajstić information content (AvgIpc) is 1.92. The quantitative estimate of drug-likeness (QED) is 0.439. The van der Waals surface area contributed by atoms with Gasteiger partial charge in [-0.25, -0.2) is 0 Å². The Balaban J connectivity index is 0. The molecule has 0 radical (unpaired) electrons. The first-order chi connectivity index (χ1) is 4.77. The van der Waals surface area contributed by atoms with E-state index in [0.717, 1.165) is 12.8 Å². The first kappa shape index (κ1) is 12.1. The number of carbonyl (C=O) groups is 1. The molecule has 60 valence electrons. The van der Waals surface area contributed by atoms with E-state index in [1.54, 1.807) is 0 Å². The second-order valence-corrected chi connectivity index (χ2v) is 1.83. The minimum Gasteiger partial charge on any atom is -0.306 e. The predicted octanol–water partition coefficient (Wildman–Crippen LogP) is 1.33. The number of hydrogen-bond acceptors (Lipinski definition) is 2. The standard InChI is InChI=1S/C6H11NO.C2H6/c1-7(2)5-3-4-6-8;1-2/h3-4,6H,5H2,1-2H3;1-2H3/b4-3-;. The Kier molecular flexibility index (Phi) is 13.5. The van der Waals surface area contributed by atoms with Crippen LogP contribution in [-0.4, -0.2) is 31.8 Å². The Morgan fingerprint density at radius 2 is 1.80 bits per heavy atom. The van der Waals surface area contributed by atoms with Crippen LogP contribution in [0.2, 0.25) is 0 Å². The van der Waals surface area contributed by atoms with Gasteiger partial charge in [-0.2, -0.15) is 0 Å². The molecule has 0 unspecified atom stereocenters. The number of nitrogens with zero attached hydrogens (tertiary/aromatic N) is 1. The molecule has 0 atom stereocenters. The lowest BCUT2D eigenvalue weighted by Gasteiger charge is -2.01. The van der Waals surface area contributed by atoms with Crippen LogP contribution in [0.1, 0.15) is 13.8 Å². The summed E-state index contributed by atoms with van der Waals surface area (Å²) in [6.07, 6.45) is 4.09. The van der Waals surface area contributed by atoms with Crippen LogP contribution >= 0.6 is 0 Å². The molecule has 0 aromatic rings. The molecule has 0 aliphatic heterocycles. The fourth-order valence-corrected chi connectivity index (χ4v) is 0.327.